The molecule has 4 heteroatoms. The molecule has 0 aromatic heterocycles. The predicted octanol–water partition coefficient (Wildman–Crippen LogP) is 4.18. The number of esters is 1. The molecule has 3 rings (SSSR count). The van der Waals surface area contributed by atoms with Crippen molar-refractivity contribution in [3.8, 4) is 0 Å². The zero-order valence-corrected chi connectivity index (χ0v) is 12.4. The van der Waals surface area contributed by atoms with Crippen molar-refractivity contribution in [1.82, 2.24) is 0 Å². The minimum absolute atomic E-state index is 0.289. The summed E-state index contributed by atoms with van der Waals surface area (Å²) in [5.74, 6) is -0.289. The maximum Gasteiger partial charge on any atom is 0.347 e. The zero-order chi connectivity index (χ0) is 14.7. The summed E-state index contributed by atoms with van der Waals surface area (Å²) in [5.41, 5.74) is 2.84. The Kier molecular flexibility index (Phi) is 3.97. The second kappa shape index (κ2) is 6.06. The number of carbonyl (C=O) groups is 1. The lowest BCUT2D eigenvalue weighted by Crippen LogP contribution is -2.14. The molecule has 2 aromatic carbocycles. The minimum atomic E-state index is -0.289. The molecule has 0 bridgehead atoms. The van der Waals surface area contributed by atoms with E-state index >= 15 is 0 Å². The number of carbonyl (C=O) groups excluding carboxylic acids is 1. The number of benzene rings is 2. The van der Waals surface area contributed by atoms with E-state index in [-0.39, 0.29) is 5.97 Å². The van der Waals surface area contributed by atoms with Gasteiger partial charge in [-0.3, -0.25) is 0 Å². The van der Waals surface area contributed by atoms with Crippen molar-refractivity contribution in [2.75, 3.05) is 5.32 Å². The van der Waals surface area contributed by atoms with Crippen molar-refractivity contribution in [2.45, 2.75) is 18.4 Å². The number of ether oxygens (including phenoxy) is 1. The van der Waals surface area contributed by atoms with Crippen LogP contribution in [0.5, 0.6) is 0 Å². The Morgan fingerprint density at radius 2 is 1.81 bits per heavy atom. The highest BCUT2D eigenvalue weighted by molar-refractivity contribution is 8.04. The fourth-order valence-electron chi connectivity index (χ4n) is 2.09. The smallest absolute Gasteiger partial charge is 0.347 e. The average Bonchev–Trinajstić information content (AvgIpc) is 2.53. The highest BCUT2D eigenvalue weighted by Gasteiger charge is 2.22. The van der Waals surface area contributed by atoms with Gasteiger partial charge in [0.25, 0.3) is 0 Å². The molecule has 0 aliphatic carbocycles. The van der Waals surface area contributed by atoms with Crippen LogP contribution in [0.3, 0.4) is 0 Å². The van der Waals surface area contributed by atoms with E-state index in [0.717, 1.165) is 21.8 Å². The monoisotopic (exact) mass is 297 g/mol. The van der Waals surface area contributed by atoms with Gasteiger partial charge >= 0.3 is 5.97 Å². The van der Waals surface area contributed by atoms with Gasteiger partial charge in [-0.25, -0.2) is 4.79 Å². The third-order valence-corrected chi connectivity index (χ3v) is 4.41. The second-order valence-electron chi connectivity index (χ2n) is 4.74. The van der Waals surface area contributed by atoms with Gasteiger partial charge < -0.3 is 10.1 Å². The normalized spacial score (nSPS) is 13.4. The first-order valence-corrected chi connectivity index (χ1v) is 7.51. The van der Waals surface area contributed by atoms with Gasteiger partial charge in [-0.15, -0.1) is 0 Å². The topological polar surface area (TPSA) is 38.3 Å². The van der Waals surface area contributed by atoms with Crippen LogP contribution in [0.25, 0.3) is 0 Å². The van der Waals surface area contributed by atoms with E-state index in [2.05, 4.69) is 5.32 Å². The Labute approximate surface area is 128 Å². The fraction of sp³-hybridized carbons (Fsp3) is 0.118. The molecule has 106 valence electrons. The minimum Gasteiger partial charge on any atom is -0.457 e. The van der Waals surface area contributed by atoms with Crippen LogP contribution in [-0.2, 0) is 16.1 Å². The summed E-state index contributed by atoms with van der Waals surface area (Å²) >= 11 is 1.45. The summed E-state index contributed by atoms with van der Waals surface area (Å²) in [6.45, 7) is 2.18. The number of thioether (sulfide) groups is 1. The number of hydrogen-bond acceptors (Lipinski definition) is 4. The molecule has 0 fully saturated rings. The van der Waals surface area contributed by atoms with Crippen LogP contribution in [0.4, 0.5) is 5.69 Å². The van der Waals surface area contributed by atoms with Crippen LogP contribution >= 0.6 is 11.8 Å². The SMILES string of the molecule is CC1=C(C(=O)OCc2ccccc2)Sc2ccccc2N1. The first-order valence-electron chi connectivity index (χ1n) is 6.70. The van der Waals surface area contributed by atoms with Gasteiger partial charge in [0.2, 0.25) is 0 Å². The van der Waals surface area contributed by atoms with Crippen LogP contribution in [0.2, 0.25) is 0 Å². The molecule has 0 saturated heterocycles. The van der Waals surface area contributed by atoms with Crippen LogP contribution in [-0.4, -0.2) is 5.97 Å². The lowest BCUT2D eigenvalue weighted by molar-refractivity contribution is -0.139. The highest BCUT2D eigenvalue weighted by Crippen LogP contribution is 2.39. The van der Waals surface area contributed by atoms with Gasteiger partial charge in [-0.1, -0.05) is 54.2 Å². The first-order chi connectivity index (χ1) is 10.2. The van der Waals surface area contributed by atoms with E-state index in [4.69, 9.17) is 4.74 Å². The van der Waals surface area contributed by atoms with E-state index < -0.39 is 0 Å². The average molecular weight is 297 g/mol. The van der Waals surface area contributed by atoms with E-state index in [1.165, 1.54) is 11.8 Å². The van der Waals surface area contributed by atoms with Crippen molar-refractivity contribution in [1.29, 1.82) is 0 Å². The number of anilines is 1. The third-order valence-electron chi connectivity index (χ3n) is 3.16. The fourth-order valence-corrected chi connectivity index (χ4v) is 3.03. The molecule has 0 atom stereocenters. The molecule has 1 heterocycles. The van der Waals surface area contributed by atoms with Crippen LogP contribution < -0.4 is 5.32 Å². The van der Waals surface area contributed by atoms with Crippen molar-refractivity contribution in [3.05, 3.63) is 70.8 Å². The molecule has 0 spiro atoms. The quantitative estimate of drug-likeness (QED) is 0.863. The predicted molar refractivity (Wildman–Crippen MR) is 84.9 cm³/mol. The molecule has 21 heavy (non-hydrogen) atoms. The Hall–Kier alpha value is -2.20. The molecule has 2 aromatic rings. The summed E-state index contributed by atoms with van der Waals surface area (Å²) in [7, 11) is 0. The highest BCUT2D eigenvalue weighted by atomic mass is 32.2. The van der Waals surface area contributed by atoms with Crippen LogP contribution in [0.15, 0.2) is 70.1 Å². The Morgan fingerprint density at radius 1 is 1.10 bits per heavy atom. The van der Waals surface area contributed by atoms with Crippen molar-refractivity contribution in [3.63, 3.8) is 0 Å². The number of nitrogens with one attached hydrogen (secondary N) is 1. The van der Waals surface area contributed by atoms with Crippen molar-refractivity contribution < 1.29 is 9.53 Å². The van der Waals surface area contributed by atoms with E-state index in [1.807, 2.05) is 61.5 Å². The van der Waals surface area contributed by atoms with Crippen LogP contribution in [0.1, 0.15) is 12.5 Å². The molecule has 0 unspecified atom stereocenters. The number of para-hydroxylation sites is 1. The summed E-state index contributed by atoms with van der Waals surface area (Å²) in [6, 6.07) is 17.6. The zero-order valence-electron chi connectivity index (χ0n) is 11.6. The van der Waals surface area contributed by atoms with E-state index in [1.54, 1.807) is 0 Å². The Morgan fingerprint density at radius 3 is 2.62 bits per heavy atom. The van der Waals surface area contributed by atoms with Crippen molar-refractivity contribution >= 4 is 23.4 Å². The molecular weight excluding hydrogens is 282 g/mol. The number of fused-ring (bicyclic) bond motifs is 1. The molecular formula is C17H15NO2S. The molecule has 1 N–H and O–H groups in total. The van der Waals surface area contributed by atoms with Gasteiger partial charge in [0.1, 0.15) is 11.5 Å². The number of rotatable bonds is 3. The first kappa shape index (κ1) is 13.8. The lowest BCUT2D eigenvalue weighted by atomic mass is 10.2. The second-order valence-corrected chi connectivity index (χ2v) is 5.79. The molecule has 1 aliphatic heterocycles. The van der Waals surface area contributed by atoms with Crippen molar-refractivity contribution in [2.24, 2.45) is 0 Å². The summed E-state index contributed by atoms with van der Waals surface area (Å²) in [4.78, 5) is 13.9. The van der Waals surface area contributed by atoms with Gasteiger partial charge in [-0.05, 0) is 24.6 Å². The maximum atomic E-state index is 12.3. The Balaban J connectivity index is 1.70. The molecule has 1 aliphatic rings. The molecule has 0 radical (unpaired) electrons. The maximum absolute atomic E-state index is 12.3. The van der Waals surface area contributed by atoms with Gasteiger partial charge in [-0.2, -0.15) is 0 Å². The van der Waals surface area contributed by atoms with Crippen LogP contribution in [0, 0.1) is 0 Å². The summed E-state index contributed by atoms with van der Waals surface area (Å²) in [6.07, 6.45) is 0. The largest absolute Gasteiger partial charge is 0.457 e. The molecule has 3 nitrogen and oxygen atoms in total. The third kappa shape index (κ3) is 3.11. The summed E-state index contributed by atoms with van der Waals surface area (Å²) < 4.78 is 5.40. The standard InChI is InChI=1S/C17H15NO2S/c1-12-16(21-15-10-6-5-9-14(15)18-12)17(19)20-11-13-7-3-2-4-8-13/h2-10,18H,11H2,1H3. The van der Waals surface area contributed by atoms with Gasteiger partial charge in [0.15, 0.2) is 0 Å². The number of allylic oxidation sites excluding steroid dienone is 1. The van der Waals surface area contributed by atoms with E-state index in [0.29, 0.717) is 11.5 Å². The molecule has 0 amide bonds. The summed E-state index contributed by atoms with van der Waals surface area (Å²) in [5, 5.41) is 3.25. The number of hydrogen-bond donors (Lipinski definition) is 1. The molecule has 0 saturated carbocycles. The lowest BCUT2D eigenvalue weighted by Gasteiger charge is -2.20. The van der Waals surface area contributed by atoms with E-state index in [9.17, 15) is 4.79 Å². The van der Waals surface area contributed by atoms with Gasteiger partial charge in [0.05, 0.1) is 5.69 Å². The Bertz CT molecular complexity index is 695. The van der Waals surface area contributed by atoms with Gasteiger partial charge in [0, 0.05) is 10.6 Å².